The summed E-state index contributed by atoms with van der Waals surface area (Å²) in [6, 6.07) is 4.28. The van der Waals surface area contributed by atoms with Crippen molar-refractivity contribution in [2.24, 2.45) is 0 Å². The monoisotopic (exact) mass is 333 g/mol. The fourth-order valence-electron chi connectivity index (χ4n) is 2.49. The van der Waals surface area contributed by atoms with Crippen molar-refractivity contribution in [1.82, 2.24) is 19.9 Å². The van der Waals surface area contributed by atoms with Gasteiger partial charge in [-0.25, -0.2) is 0 Å². The Morgan fingerprint density at radius 2 is 2.04 bits per heavy atom. The highest BCUT2D eigenvalue weighted by Crippen LogP contribution is 2.19. The first-order valence-electron chi connectivity index (χ1n) is 8.23. The molecule has 8 heteroatoms. The average molecular weight is 333 g/mol. The Hall–Kier alpha value is -2.35. The van der Waals surface area contributed by atoms with Gasteiger partial charge in [0, 0.05) is 13.1 Å². The second kappa shape index (κ2) is 7.96. The van der Waals surface area contributed by atoms with Gasteiger partial charge in [0.1, 0.15) is 11.9 Å². The molecule has 0 saturated carbocycles. The molecular formula is C16H23N5O3. The van der Waals surface area contributed by atoms with E-state index in [1.54, 1.807) is 6.26 Å². The number of anilines is 1. The van der Waals surface area contributed by atoms with E-state index in [0.717, 1.165) is 31.7 Å². The molecule has 8 nitrogen and oxygen atoms in total. The molecule has 3 heterocycles. The third-order valence-corrected chi connectivity index (χ3v) is 3.81. The summed E-state index contributed by atoms with van der Waals surface area (Å²) in [5.74, 6) is 1.21. The van der Waals surface area contributed by atoms with Crippen molar-refractivity contribution < 1.29 is 13.9 Å². The van der Waals surface area contributed by atoms with Gasteiger partial charge in [-0.05, 0) is 38.9 Å². The lowest BCUT2D eigenvalue weighted by Gasteiger charge is -2.28. The predicted octanol–water partition coefficient (Wildman–Crippen LogP) is 1.95. The van der Waals surface area contributed by atoms with Gasteiger partial charge in [0.05, 0.1) is 19.4 Å². The fourth-order valence-corrected chi connectivity index (χ4v) is 2.49. The lowest BCUT2D eigenvalue weighted by molar-refractivity contribution is 0.104. The van der Waals surface area contributed by atoms with E-state index in [9.17, 15) is 0 Å². The van der Waals surface area contributed by atoms with Crippen molar-refractivity contribution >= 4 is 5.95 Å². The van der Waals surface area contributed by atoms with Crippen LogP contribution in [0.2, 0.25) is 0 Å². The molecule has 130 valence electrons. The van der Waals surface area contributed by atoms with Crippen LogP contribution in [0.25, 0.3) is 0 Å². The molecule has 2 aromatic rings. The minimum atomic E-state index is 0.121. The fraction of sp³-hybridized carbons (Fsp3) is 0.562. The van der Waals surface area contributed by atoms with Gasteiger partial charge in [-0.2, -0.15) is 9.97 Å². The van der Waals surface area contributed by atoms with Crippen LogP contribution in [0.1, 0.15) is 25.5 Å². The van der Waals surface area contributed by atoms with E-state index >= 15 is 0 Å². The zero-order chi connectivity index (χ0) is 16.8. The highest BCUT2D eigenvalue weighted by atomic mass is 16.5. The molecule has 0 bridgehead atoms. The first-order valence-corrected chi connectivity index (χ1v) is 8.23. The molecule has 0 aromatic carbocycles. The number of hydrogen-bond acceptors (Lipinski definition) is 8. The Labute approximate surface area is 141 Å². The molecule has 24 heavy (non-hydrogen) atoms. The van der Waals surface area contributed by atoms with E-state index in [1.807, 2.05) is 19.1 Å². The summed E-state index contributed by atoms with van der Waals surface area (Å²) in [6.07, 6.45) is 3.67. The predicted molar refractivity (Wildman–Crippen MR) is 88.2 cm³/mol. The van der Waals surface area contributed by atoms with E-state index < -0.39 is 0 Å². The molecule has 0 unspecified atom stereocenters. The van der Waals surface area contributed by atoms with Crippen molar-refractivity contribution in [3.05, 3.63) is 24.2 Å². The summed E-state index contributed by atoms with van der Waals surface area (Å²) in [5.41, 5.74) is 0. The summed E-state index contributed by atoms with van der Waals surface area (Å²) in [6.45, 7) is 4.87. The number of nitrogens with one attached hydrogen (secondary N) is 1. The Morgan fingerprint density at radius 1 is 1.25 bits per heavy atom. The molecule has 1 saturated heterocycles. The Morgan fingerprint density at radius 3 is 2.75 bits per heavy atom. The second-order valence-electron chi connectivity index (χ2n) is 5.71. The maximum Gasteiger partial charge on any atom is 0.324 e. The Balaban J connectivity index is 1.67. The quantitative estimate of drug-likeness (QED) is 0.823. The van der Waals surface area contributed by atoms with Crippen molar-refractivity contribution in [2.75, 3.05) is 32.1 Å². The SMILES string of the molecule is CCOc1nc(NCc2ccco2)nc(OC2CCN(C)CC2)n1. The summed E-state index contributed by atoms with van der Waals surface area (Å²) in [5, 5.41) is 3.11. The van der Waals surface area contributed by atoms with Crippen LogP contribution in [0.4, 0.5) is 5.95 Å². The Bertz CT molecular complexity index is 627. The second-order valence-corrected chi connectivity index (χ2v) is 5.71. The molecule has 0 atom stereocenters. The number of aromatic nitrogens is 3. The van der Waals surface area contributed by atoms with Crippen LogP contribution < -0.4 is 14.8 Å². The molecular weight excluding hydrogens is 310 g/mol. The minimum Gasteiger partial charge on any atom is -0.467 e. The lowest BCUT2D eigenvalue weighted by Crippen LogP contribution is -2.36. The van der Waals surface area contributed by atoms with Crippen LogP contribution >= 0.6 is 0 Å². The van der Waals surface area contributed by atoms with Crippen LogP contribution in [-0.2, 0) is 6.54 Å². The maximum absolute atomic E-state index is 5.94. The van der Waals surface area contributed by atoms with Crippen molar-refractivity contribution in [2.45, 2.75) is 32.4 Å². The highest BCUT2D eigenvalue weighted by molar-refractivity contribution is 5.28. The van der Waals surface area contributed by atoms with Gasteiger partial charge in [-0.1, -0.05) is 0 Å². The molecule has 2 aromatic heterocycles. The van der Waals surface area contributed by atoms with Gasteiger partial charge < -0.3 is 24.1 Å². The van der Waals surface area contributed by atoms with E-state index in [4.69, 9.17) is 13.9 Å². The molecule has 1 fully saturated rings. The molecule has 0 radical (unpaired) electrons. The number of furan rings is 1. The van der Waals surface area contributed by atoms with Gasteiger partial charge >= 0.3 is 12.0 Å². The molecule has 0 spiro atoms. The largest absolute Gasteiger partial charge is 0.467 e. The van der Waals surface area contributed by atoms with Gasteiger partial charge in [-0.15, -0.1) is 4.98 Å². The zero-order valence-electron chi connectivity index (χ0n) is 14.1. The van der Waals surface area contributed by atoms with Crippen LogP contribution in [-0.4, -0.2) is 52.7 Å². The number of rotatable bonds is 7. The van der Waals surface area contributed by atoms with Gasteiger partial charge in [0.2, 0.25) is 5.95 Å². The topological polar surface area (TPSA) is 85.5 Å². The van der Waals surface area contributed by atoms with Crippen molar-refractivity contribution in [1.29, 1.82) is 0 Å². The van der Waals surface area contributed by atoms with Gasteiger partial charge in [0.25, 0.3) is 0 Å². The Kier molecular flexibility index (Phi) is 5.47. The molecule has 0 amide bonds. The van der Waals surface area contributed by atoms with Gasteiger partial charge in [-0.3, -0.25) is 0 Å². The molecule has 1 N–H and O–H groups in total. The third-order valence-electron chi connectivity index (χ3n) is 3.81. The number of hydrogen-bond donors (Lipinski definition) is 1. The summed E-state index contributed by atoms with van der Waals surface area (Å²) in [7, 11) is 2.11. The standard InChI is InChI=1S/C16H23N5O3/c1-3-22-15-18-14(17-11-13-5-4-10-23-13)19-16(20-15)24-12-6-8-21(2)9-7-12/h4-5,10,12H,3,6-9,11H2,1-2H3,(H,17,18,19,20). The first kappa shape index (κ1) is 16.5. The van der Waals surface area contributed by atoms with E-state index in [0.29, 0.717) is 25.1 Å². The number of ether oxygens (including phenoxy) is 2. The summed E-state index contributed by atoms with van der Waals surface area (Å²) < 4.78 is 16.6. The van der Waals surface area contributed by atoms with Crippen molar-refractivity contribution in [3.63, 3.8) is 0 Å². The van der Waals surface area contributed by atoms with E-state index in [2.05, 4.69) is 32.2 Å². The van der Waals surface area contributed by atoms with Crippen LogP contribution in [0.3, 0.4) is 0 Å². The van der Waals surface area contributed by atoms with E-state index in [1.165, 1.54) is 0 Å². The summed E-state index contributed by atoms with van der Waals surface area (Å²) >= 11 is 0. The van der Waals surface area contributed by atoms with Crippen molar-refractivity contribution in [3.8, 4) is 12.0 Å². The van der Waals surface area contributed by atoms with Gasteiger partial charge in [0.15, 0.2) is 0 Å². The van der Waals surface area contributed by atoms with Crippen LogP contribution in [0, 0.1) is 0 Å². The third kappa shape index (κ3) is 4.58. The number of likely N-dealkylation sites (tertiary alicyclic amines) is 1. The molecule has 1 aliphatic heterocycles. The lowest BCUT2D eigenvalue weighted by atomic mass is 10.1. The molecule has 1 aliphatic rings. The van der Waals surface area contributed by atoms with E-state index in [-0.39, 0.29) is 12.1 Å². The van der Waals surface area contributed by atoms with Crippen LogP contribution in [0.5, 0.6) is 12.0 Å². The summed E-state index contributed by atoms with van der Waals surface area (Å²) in [4.78, 5) is 15.1. The normalized spacial score (nSPS) is 16.1. The molecule has 3 rings (SSSR count). The number of nitrogens with zero attached hydrogens (tertiary/aromatic N) is 4. The van der Waals surface area contributed by atoms with Crippen LogP contribution in [0.15, 0.2) is 22.8 Å². The zero-order valence-corrected chi connectivity index (χ0v) is 14.1. The smallest absolute Gasteiger partial charge is 0.324 e. The maximum atomic E-state index is 5.94. The average Bonchev–Trinajstić information content (AvgIpc) is 3.09. The number of piperidine rings is 1. The highest BCUT2D eigenvalue weighted by Gasteiger charge is 2.20. The minimum absolute atomic E-state index is 0.121. The molecule has 0 aliphatic carbocycles. The first-order chi connectivity index (χ1) is 11.7.